The lowest BCUT2D eigenvalue weighted by atomic mass is 9.95. The van der Waals surface area contributed by atoms with Crippen LogP contribution >= 0.6 is 11.3 Å². The lowest BCUT2D eigenvalue weighted by Gasteiger charge is -2.31. The van der Waals surface area contributed by atoms with Crippen LogP contribution in [0, 0.1) is 5.92 Å². The number of hydrogen-bond donors (Lipinski definition) is 1. The number of hydrogen-bond acceptors (Lipinski definition) is 4. The van der Waals surface area contributed by atoms with Crippen molar-refractivity contribution in [3.8, 4) is 0 Å². The van der Waals surface area contributed by atoms with Crippen LogP contribution in [0.25, 0.3) is 0 Å². The predicted molar refractivity (Wildman–Crippen MR) is 66.6 cm³/mol. The third-order valence-corrected chi connectivity index (χ3v) is 4.28. The minimum Gasteiger partial charge on any atom is -0.391 e. The fourth-order valence-electron chi connectivity index (χ4n) is 2.37. The Balaban J connectivity index is 1.88. The molecule has 0 radical (unpaired) electrons. The van der Waals surface area contributed by atoms with E-state index in [1.807, 2.05) is 0 Å². The Morgan fingerprint density at radius 3 is 3.19 bits per heavy atom. The topological polar surface area (TPSA) is 36.4 Å². The molecule has 1 saturated heterocycles. The van der Waals surface area contributed by atoms with E-state index in [9.17, 15) is 0 Å². The summed E-state index contributed by atoms with van der Waals surface area (Å²) in [5.41, 5.74) is 0. The van der Waals surface area contributed by atoms with Crippen LogP contribution in [0.1, 0.15) is 29.7 Å². The Bertz CT molecular complexity index is 327. The largest absolute Gasteiger partial charge is 0.391 e. The van der Waals surface area contributed by atoms with Crippen molar-refractivity contribution in [1.82, 2.24) is 9.88 Å². The molecule has 1 aromatic rings. The maximum Gasteiger partial charge on any atom is 0.0931 e. The molecule has 0 saturated carbocycles. The van der Waals surface area contributed by atoms with Crippen LogP contribution in [0.5, 0.6) is 0 Å². The molecule has 1 aromatic heterocycles. The van der Waals surface area contributed by atoms with Gasteiger partial charge >= 0.3 is 0 Å². The highest BCUT2D eigenvalue weighted by molar-refractivity contribution is 7.11. The van der Waals surface area contributed by atoms with Gasteiger partial charge in [0.2, 0.25) is 0 Å². The van der Waals surface area contributed by atoms with E-state index >= 15 is 0 Å². The van der Waals surface area contributed by atoms with E-state index in [1.54, 1.807) is 17.5 Å². The quantitative estimate of drug-likeness (QED) is 0.873. The van der Waals surface area contributed by atoms with Crippen LogP contribution in [-0.4, -0.2) is 34.6 Å². The third kappa shape index (κ3) is 3.03. The molecule has 0 spiro atoms. The van der Waals surface area contributed by atoms with Crippen molar-refractivity contribution in [3.05, 3.63) is 16.1 Å². The van der Waals surface area contributed by atoms with E-state index < -0.39 is 0 Å². The van der Waals surface area contributed by atoms with Crippen molar-refractivity contribution in [3.63, 3.8) is 0 Å². The van der Waals surface area contributed by atoms with Gasteiger partial charge in [0.05, 0.1) is 16.5 Å². The second-order valence-electron chi connectivity index (χ2n) is 4.48. The van der Waals surface area contributed by atoms with E-state index in [2.05, 4.69) is 16.8 Å². The van der Waals surface area contributed by atoms with Crippen LogP contribution in [0.2, 0.25) is 0 Å². The van der Waals surface area contributed by atoms with Crippen molar-refractivity contribution in [2.24, 2.45) is 5.92 Å². The predicted octanol–water partition coefficient (Wildman–Crippen LogP) is 1.91. The summed E-state index contributed by atoms with van der Waals surface area (Å²) in [6.45, 7) is 5.99. The molecule has 2 rings (SSSR count). The first-order valence-electron chi connectivity index (χ1n) is 6.08. The van der Waals surface area contributed by atoms with Crippen LogP contribution in [-0.2, 0) is 13.0 Å². The molecular formula is C12H20N2OS. The first-order chi connectivity index (χ1) is 7.81. The molecule has 1 aliphatic rings. The van der Waals surface area contributed by atoms with Crippen LogP contribution in [0.3, 0.4) is 0 Å². The zero-order valence-electron chi connectivity index (χ0n) is 9.85. The van der Waals surface area contributed by atoms with Gasteiger partial charge in [-0.05, 0) is 31.8 Å². The molecule has 1 unspecified atom stereocenters. The van der Waals surface area contributed by atoms with Gasteiger partial charge in [-0.25, -0.2) is 4.98 Å². The van der Waals surface area contributed by atoms with Crippen molar-refractivity contribution in [2.75, 3.05) is 19.6 Å². The molecule has 90 valence electrons. The molecule has 1 N–H and O–H groups in total. The fraction of sp³-hybridized carbons (Fsp3) is 0.750. The molecule has 0 aliphatic carbocycles. The molecule has 3 nitrogen and oxygen atoms in total. The van der Waals surface area contributed by atoms with E-state index in [1.165, 1.54) is 30.9 Å². The maximum atomic E-state index is 9.00. The average Bonchev–Trinajstić information content (AvgIpc) is 2.77. The fourth-order valence-corrected chi connectivity index (χ4v) is 3.26. The van der Waals surface area contributed by atoms with Gasteiger partial charge < -0.3 is 10.0 Å². The maximum absolute atomic E-state index is 9.00. The van der Waals surface area contributed by atoms with Crippen LogP contribution < -0.4 is 0 Å². The molecule has 4 heteroatoms. The molecule has 1 atom stereocenters. The summed E-state index contributed by atoms with van der Waals surface area (Å²) in [6, 6.07) is 0. The second-order valence-corrected chi connectivity index (χ2v) is 5.68. The Kier molecular flexibility index (Phi) is 4.32. The summed E-state index contributed by atoms with van der Waals surface area (Å²) in [6.07, 6.45) is 5.53. The summed E-state index contributed by atoms with van der Waals surface area (Å²) in [7, 11) is 0. The summed E-state index contributed by atoms with van der Waals surface area (Å²) >= 11 is 1.66. The Morgan fingerprint density at radius 2 is 2.50 bits per heavy atom. The summed E-state index contributed by atoms with van der Waals surface area (Å²) in [5, 5.41) is 10.2. The minimum atomic E-state index is 0.128. The van der Waals surface area contributed by atoms with E-state index in [4.69, 9.17) is 5.11 Å². The molecule has 16 heavy (non-hydrogen) atoms. The number of aromatic nitrogens is 1. The summed E-state index contributed by atoms with van der Waals surface area (Å²) < 4.78 is 0. The summed E-state index contributed by atoms with van der Waals surface area (Å²) in [5.74, 6) is 0.756. The zero-order chi connectivity index (χ0) is 11.4. The van der Waals surface area contributed by atoms with Crippen molar-refractivity contribution in [2.45, 2.75) is 32.8 Å². The van der Waals surface area contributed by atoms with Gasteiger partial charge in [-0.2, -0.15) is 0 Å². The van der Waals surface area contributed by atoms with Gasteiger partial charge in [0.25, 0.3) is 0 Å². The van der Waals surface area contributed by atoms with Gasteiger partial charge in [-0.1, -0.05) is 6.92 Å². The number of piperidine rings is 1. The molecule has 0 bridgehead atoms. The van der Waals surface area contributed by atoms with E-state index in [0.29, 0.717) is 0 Å². The van der Waals surface area contributed by atoms with Crippen molar-refractivity contribution in [1.29, 1.82) is 0 Å². The number of aliphatic hydroxyl groups is 1. The van der Waals surface area contributed by atoms with Gasteiger partial charge in [0.15, 0.2) is 0 Å². The SMILES string of the molecule is CCN1CCCC(Cc2ncc(CO)s2)C1. The van der Waals surface area contributed by atoms with Gasteiger partial charge in [-0.15, -0.1) is 11.3 Å². The monoisotopic (exact) mass is 240 g/mol. The number of rotatable bonds is 4. The van der Waals surface area contributed by atoms with Gasteiger partial charge in [0, 0.05) is 19.2 Å². The number of likely N-dealkylation sites (tertiary alicyclic amines) is 1. The Labute approximate surface area is 101 Å². The number of thiazole rings is 1. The molecule has 2 heterocycles. The lowest BCUT2D eigenvalue weighted by molar-refractivity contribution is 0.182. The van der Waals surface area contributed by atoms with Crippen LogP contribution in [0.4, 0.5) is 0 Å². The number of nitrogens with zero attached hydrogens (tertiary/aromatic N) is 2. The number of aliphatic hydroxyl groups excluding tert-OH is 1. The van der Waals surface area contributed by atoms with Gasteiger partial charge in [0.1, 0.15) is 0 Å². The highest BCUT2D eigenvalue weighted by atomic mass is 32.1. The lowest BCUT2D eigenvalue weighted by Crippen LogP contribution is -2.35. The van der Waals surface area contributed by atoms with Gasteiger partial charge in [-0.3, -0.25) is 0 Å². The van der Waals surface area contributed by atoms with Crippen LogP contribution in [0.15, 0.2) is 6.20 Å². The summed E-state index contributed by atoms with van der Waals surface area (Å²) in [4.78, 5) is 7.88. The zero-order valence-corrected chi connectivity index (χ0v) is 10.7. The standard InChI is InChI=1S/C12H20N2OS/c1-2-14-5-3-4-10(8-14)6-12-13-7-11(9-15)16-12/h7,10,15H,2-6,8-9H2,1H3. The second kappa shape index (κ2) is 5.75. The highest BCUT2D eigenvalue weighted by Gasteiger charge is 2.19. The first kappa shape index (κ1) is 12.0. The highest BCUT2D eigenvalue weighted by Crippen LogP contribution is 2.23. The van der Waals surface area contributed by atoms with Crippen molar-refractivity contribution < 1.29 is 5.11 Å². The molecule has 1 fully saturated rings. The Hall–Kier alpha value is -0.450. The Morgan fingerprint density at radius 1 is 1.62 bits per heavy atom. The molecular weight excluding hydrogens is 220 g/mol. The normalized spacial score (nSPS) is 22.5. The third-order valence-electron chi connectivity index (χ3n) is 3.27. The molecule has 0 aromatic carbocycles. The first-order valence-corrected chi connectivity index (χ1v) is 6.90. The van der Waals surface area contributed by atoms with Crippen molar-refractivity contribution >= 4 is 11.3 Å². The van der Waals surface area contributed by atoms with E-state index in [-0.39, 0.29) is 6.61 Å². The molecule has 1 aliphatic heterocycles. The minimum absolute atomic E-state index is 0.128. The smallest absolute Gasteiger partial charge is 0.0931 e. The average molecular weight is 240 g/mol. The molecule has 0 amide bonds. The van der Waals surface area contributed by atoms with E-state index in [0.717, 1.165) is 23.8 Å².